The Labute approximate surface area is 162 Å². The van der Waals surface area contributed by atoms with Gasteiger partial charge in [0.15, 0.2) is 0 Å². The summed E-state index contributed by atoms with van der Waals surface area (Å²) < 4.78 is 1.54. The Kier molecular flexibility index (Phi) is 5.09. The normalized spacial score (nSPS) is 14.2. The molecule has 0 saturated carbocycles. The Balaban J connectivity index is 1.36. The molecule has 1 amide bonds. The number of carbonyl (C=O) groups is 1. The van der Waals surface area contributed by atoms with Gasteiger partial charge in [-0.2, -0.15) is 5.10 Å². The number of hydrogen-bond donors (Lipinski definition) is 1. The molecule has 28 heavy (non-hydrogen) atoms. The van der Waals surface area contributed by atoms with Crippen LogP contribution in [0.3, 0.4) is 0 Å². The zero-order valence-electron chi connectivity index (χ0n) is 15.6. The van der Waals surface area contributed by atoms with Gasteiger partial charge in [0.2, 0.25) is 5.91 Å². The van der Waals surface area contributed by atoms with Gasteiger partial charge >= 0.3 is 0 Å². The van der Waals surface area contributed by atoms with Gasteiger partial charge in [0.25, 0.3) is 0 Å². The number of rotatable bonds is 5. The number of carbonyl (C=O) groups excluding carboxylic acids is 1. The molecule has 3 aromatic rings. The van der Waals surface area contributed by atoms with Crippen LogP contribution in [0.2, 0.25) is 0 Å². The van der Waals surface area contributed by atoms with E-state index >= 15 is 0 Å². The number of hydrogen-bond acceptors (Lipinski definition) is 8. The first-order valence-corrected chi connectivity index (χ1v) is 9.04. The first kappa shape index (κ1) is 17.8. The van der Waals surface area contributed by atoms with Crippen LogP contribution >= 0.6 is 0 Å². The smallest absolute Gasteiger partial charge is 0.244 e. The fourth-order valence-electron chi connectivity index (χ4n) is 3.06. The topological polar surface area (TPSA) is 105 Å². The van der Waals surface area contributed by atoms with Crippen LogP contribution in [-0.2, 0) is 11.3 Å². The van der Waals surface area contributed by atoms with E-state index in [1.165, 1.54) is 17.3 Å². The highest BCUT2D eigenvalue weighted by Gasteiger charge is 2.22. The third kappa shape index (κ3) is 4.22. The standard InChI is InChI=1S/C18H21N9O/c1-14-2-3-20-15(8-14)24-16-9-17(22-12-21-16)25-4-6-26(7-5-25)18(28)10-27-13-19-11-23-27/h2-3,8-9,11-13H,4-7,10H2,1H3,(H,20,21,22,24). The molecule has 10 nitrogen and oxygen atoms in total. The third-order valence-corrected chi connectivity index (χ3v) is 4.54. The molecule has 1 N–H and O–H groups in total. The molecule has 3 aromatic heterocycles. The molecular weight excluding hydrogens is 358 g/mol. The van der Waals surface area contributed by atoms with Gasteiger partial charge in [0, 0.05) is 38.4 Å². The number of aromatic nitrogens is 6. The van der Waals surface area contributed by atoms with Gasteiger partial charge in [-0.05, 0) is 24.6 Å². The van der Waals surface area contributed by atoms with E-state index in [-0.39, 0.29) is 12.5 Å². The van der Waals surface area contributed by atoms with E-state index in [0.717, 1.165) is 17.2 Å². The molecule has 144 valence electrons. The number of amides is 1. The molecule has 4 rings (SSSR count). The summed E-state index contributed by atoms with van der Waals surface area (Å²) in [6.45, 7) is 4.93. The average molecular weight is 379 g/mol. The fraction of sp³-hybridized carbons (Fsp3) is 0.333. The molecule has 4 heterocycles. The van der Waals surface area contributed by atoms with Crippen molar-refractivity contribution in [2.45, 2.75) is 13.5 Å². The molecular formula is C18H21N9O. The summed E-state index contributed by atoms with van der Waals surface area (Å²) in [5, 5.41) is 7.19. The predicted octanol–water partition coefficient (Wildman–Crippen LogP) is 0.864. The van der Waals surface area contributed by atoms with Crippen molar-refractivity contribution in [3.63, 3.8) is 0 Å². The maximum Gasteiger partial charge on any atom is 0.244 e. The second-order valence-electron chi connectivity index (χ2n) is 6.57. The molecule has 0 unspecified atom stereocenters. The maximum absolute atomic E-state index is 12.4. The molecule has 0 spiro atoms. The van der Waals surface area contributed by atoms with Gasteiger partial charge in [-0.25, -0.2) is 24.6 Å². The van der Waals surface area contributed by atoms with Gasteiger partial charge in [-0.15, -0.1) is 0 Å². The largest absolute Gasteiger partial charge is 0.353 e. The van der Waals surface area contributed by atoms with Crippen LogP contribution in [0.5, 0.6) is 0 Å². The fourth-order valence-corrected chi connectivity index (χ4v) is 3.06. The monoisotopic (exact) mass is 379 g/mol. The Hall–Kier alpha value is -3.56. The second kappa shape index (κ2) is 7.99. The molecule has 0 aromatic carbocycles. The minimum Gasteiger partial charge on any atom is -0.353 e. The van der Waals surface area contributed by atoms with Crippen molar-refractivity contribution >= 4 is 23.4 Å². The lowest BCUT2D eigenvalue weighted by atomic mass is 10.3. The van der Waals surface area contributed by atoms with E-state index in [9.17, 15) is 4.79 Å². The van der Waals surface area contributed by atoms with Crippen LogP contribution in [0.4, 0.5) is 17.5 Å². The Morgan fingerprint density at radius 1 is 1.07 bits per heavy atom. The zero-order valence-corrected chi connectivity index (χ0v) is 15.6. The number of aryl methyl sites for hydroxylation is 1. The Bertz CT molecular complexity index is 936. The number of piperazine rings is 1. The Morgan fingerprint density at radius 3 is 2.64 bits per heavy atom. The molecule has 1 aliphatic heterocycles. The van der Waals surface area contributed by atoms with Crippen LogP contribution in [0.1, 0.15) is 5.56 Å². The summed E-state index contributed by atoms with van der Waals surface area (Å²) in [7, 11) is 0. The van der Waals surface area contributed by atoms with E-state index in [1.54, 1.807) is 12.5 Å². The summed E-state index contributed by atoms with van der Waals surface area (Å²) in [4.78, 5) is 33.2. The lowest BCUT2D eigenvalue weighted by Gasteiger charge is -2.35. The Morgan fingerprint density at radius 2 is 1.89 bits per heavy atom. The third-order valence-electron chi connectivity index (χ3n) is 4.54. The van der Waals surface area contributed by atoms with E-state index in [1.807, 2.05) is 30.0 Å². The molecule has 1 saturated heterocycles. The maximum atomic E-state index is 12.4. The van der Waals surface area contributed by atoms with Crippen LogP contribution in [0.25, 0.3) is 0 Å². The van der Waals surface area contributed by atoms with Crippen molar-refractivity contribution in [3.05, 3.63) is 48.9 Å². The van der Waals surface area contributed by atoms with Crippen molar-refractivity contribution in [3.8, 4) is 0 Å². The molecule has 10 heteroatoms. The first-order valence-electron chi connectivity index (χ1n) is 9.04. The summed E-state index contributed by atoms with van der Waals surface area (Å²) >= 11 is 0. The van der Waals surface area contributed by atoms with Crippen molar-refractivity contribution in [1.29, 1.82) is 0 Å². The van der Waals surface area contributed by atoms with Gasteiger partial charge < -0.3 is 15.1 Å². The zero-order chi connectivity index (χ0) is 19.3. The van der Waals surface area contributed by atoms with E-state index in [2.05, 4.69) is 35.3 Å². The van der Waals surface area contributed by atoms with Crippen LogP contribution < -0.4 is 10.2 Å². The van der Waals surface area contributed by atoms with Crippen molar-refractivity contribution in [2.24, 2.45) is 0 Å². The summed E-state index contributed by atoms with van der Waals surface area (Å²) in [5.41, 5.74) is 1.12. The van der Waals surface area contributed by atoms with E-state index in [4.69, 9.17) is 0 Å². The SMILES string of the molecule is Cc1ccnc(Nc2cc(N3CCN(C(=O)Cn4cncn4)CC3)ncn2)c1. The summed E-state index contributed by atoms with van der Waals surface area (Å²) in [6, 6.07) is 5.80. The van der Waals surface area contributed by atoms with Crippen LogP contribution in [-0.4, -0.2) is 66.7 Å². The summed E-state index contributed by atoms with van der Waals surface area (Å²) in [5.74, 6) is 2.30. The molecule has 0 atom stereocenters. The van der Waals surface area contributed by atoms with Gasteiger partial charge in [-0.1, -0.05) is 0 Å². The molecule has 1 aliphatic rings. The highest BCUT2D eigenvalue weighted by atomic mass is 16.2. The quantitative estimate of drug-likeness (QED) is 0.696. The second-order valence-corrected chi connectivity index (χ2v) is 6.57. The average Bonchev–Trinajstić information content (AvgIpc) is 3.21. The highest BCUT2D eigenvalue weighted by molar-refractivity contribution is 5.76. The lowest BCUT2D eigenvalue weighted by Crippen LogP contribution is -2.49. The molecule has 0 aliphatic carbocycles. The van der Waals surface area contributed by atoms with E-state index in [0.29, 0.717) is 32.0 Å². The van der Waals surface area contributed by atoms with Crippen molar-refractivity contribution in [2.75, 3.05) is 36.4 Å². The van der Waals surface area contributed by atoms with Crippen LogP contribution in [0, 0.1) is 6.92 Å². The highest BCUT2D eigenvalue weighted by Crippen LogP contribution is 2.19. The number of anilines is 3. The number of pyridine rings is 1. The molecule has 1 fully saturated rings. The van der Waals surface area contributed by atoms with E-state index < -0.39 is 0 Å². The molecule has 0 bridgehead atoms. The first-order chi connectivity index (χ1) is 13.7. The molecule has 0 radical (unpaired) electrons. The van der Waals surface area contributed by atoms with Gasteiger partial charge in [0.1, 0.15) is 43.0 Å². The van der Waals surface area contributed by atoms with Crippen molar-refractivity contribution in [1.82, 2.24) is 34.6 Å². The summed E-state index contributed by atoms with van der Waals surface area (Å²) in [6.07, 6.45) is 6.27. The lowest BCUT2D eigenvalue weighted by molar-refractivity contribution is -0.132. The van der Waals surface area contributed by atoms with Crippen LogP contribution in [0.15, 0.2) is 43.4 Å². The minimum atomic E-state index is 0.0423. The number of nitrogens with one attached hydrogen (secondary N) is 1. The minimum absolute atomic E-state index is 0.0423. The van der Waals surface area contributed by atoms with Gasteiger partial charge in [0.05, 0.1) is 0 Å². The number of nitrogens with zero attached hydrogens (tertiary/aromatic N) is 8. The van der Waals surface area contributed by atoms with Gasteiger partial charge in [-0.3, -0.25) is 4.79 Å². The predicted molar refractivity (Wildman–Crippen MR) is 103 cm³/mol. The van der Waals surface area contributed by atoms with Crippen molar-refractivity contribution < 1.29 is 4.79 Å².